The van der Waals surface area contributed by atoms with Crippen molar-refractivity contribution in [3.05, 3.63) is 211 Å². The fraction of sp³-hybridized carbons (Fsp3) is 0.0204. The van der Waals surface area contributed by atoms with Crippen LogP contribution in [-0.2, 0) is 0 Å². The average molecular weight is 679 g/mol. The molecule has 0 fully saturated rings. The highest BCUT2D eigenvalue weighted by molar-refractivity contribution is 6.18. The first kappa shape index (κ1) is 30.8. The van der Waals surface area contributed by atoms with E-state index in [2.05, 4.69) is 192 Å². The van der Waals surface area contributed by atoms with Gasteiger partial charge in [-0.05, 0) is 69.6 Å². The Morgan fingerprint density at radius 2 is 1.04 bits per heavy atom. The number of benzene rings is 8. The summed E-state index contributed by atoms with van der Waals surface area (Å²) in [5.41, 5.74) is 11.2. The molecule has 0 amide bonds. The van der Waals surface area contributed by atoms with Crippen LogP contribution in [0.1, 0.15) is 22.9 Å². The molecule has 53 heavy (non-hydrogen) atoms. The predicted molar refractivity (Wildman–Crippen MR) is 221 cm³/mol. The summed E-state index contributed by atoms with van der Waals surface area (Å²) < 4.78 is 2.39. The topological polar surface area (TPSA) is 41.7 Å². The Bertz CT molecular complexity index is 2830. The van der Waals surface area contributed by atoms with Crippen molar-refractivity contribution in [2.75, 3.05) is 0 Å². The molecule has 0 bridgehead atoms. The summed E-state index contributed by atoms with van der Waals surface area (Å²) in [6, 6.07) is 68.7. The number of hydrogen-bond donors (Lipinski definition) is 1. The van der Waals surface area contributed by atoms with Gasteiger partial charge in [-0.15, -0.1) is 0 Å². The minimum absolute atomic E-state index is 0.314. The van der Waals surface area contributed by atoms with E-state index in [-0.39, 0.29) is 6.17 Å². The molecule has 1 N–H and O–H groups in total. The maximum atomic E-state index is 5.23. The minimum atomic E-state index is -0.314. The van der Waals surface area contributed by atoms with Gasteiger partial charge in [-0.2, -0.15) is 0 Å². The van der Waals surface area contributed by atoms with Crippen LogP contribution in [0.15, 0.2) is 204 Å². The van der Waals surface area contributed by atoms with Crippen LogP contribution < -0.4 is 5.32 Å². The molecule has 1 aliphatic heterocycles. The van der Waals surface area contributed by atoms with Gasteiger partial charge in [0.1, 0.15) is 12.0 Å². The van der Waals surface area contributed by atoms with Crippen LogP contribution in [0.3, 0.4) is 0 Å². The highest BCUT2D eigenvalue weighted by atomic mass is 15.2. The first-order chi connectivity index (χ1) is 26.3. The minimum Gasteiger partial charge on any atom is -0.344 e. The first-order valence-electron chi connectivity index (χ1n) is 18.0. The summed E-state index contributed by atoms with van der Waals surface area (Å²) in [6.45, 7) is 0. The molecule has 4 nitrogen and oxygen atoms in total. The number of amidine groups is 2. The fourth-order valence-corrected chi connectivity index (χ4v) is 7.62. The van der Waals surface area contributed by atoms with Gasteiger partial charge < -0.3 is 9.88 Å². The van der Waals surface area contributed by atoms with Crippen molar-refractivity contribution in [3.8, 4) is 27.9 Å². The van der Waals surface area contributed by atoms with Crippen LogP contribution in [0.2, 0.25) is 0 Å². The van der Waals surface area contributed by atoms with Crippen LogP contribution in [0.5, 0.6) is 0 Å². The molecule has 0 saturated carbocycles. The third kappa shape index (κ3) is 5.58. The fourth-order valence-electron chi connectivity index (χ4n) is 7.62. The van der Waals surface area contributed by atoms with E-state index in [4.69, 9.17) is 9.98 Å². The van der Waals surface area contributed by atoms with Crippen molar-refractivity contribution in [2.45, 2.75) is 6.17 Å². The van der Waals surface area contributed by atoms with E-state index in [1.165, 1.54) is 49.3 Å². The van der Waals surface area contributed by atoms with Crippen molar-refractivity contribution in [3.63, 3.8) is 0 Å². The lowest BCUT2D eigenvalue weighted by Crippen LogP contribution is -2.33. The predicted octanol–water partition coefficient (Wildman–Crippen LogP) is 11.8. The Labute approximate surface area is 308 Å². The number of aliphatic imine (C=N–C) groups is 2. The monoisotopic (exact) mass is 678 g/mol. The maximum absolute atomic E-state index is 5.23. The van der Waals surface area contributed by atoms with E-state index >= 15 is 0 Å². The largest absolute Gasteiger partial charge is 0.344 e. The second kappa shape index (κ2) is 12.9. The summed E-state index contributed by atoms with van der Waals surface area (Å²) in [6.07, 6.45) is -0.314. The molecule has 8 aromatic carbocycles. The zero-order valence-electron chi connectivity index (χ0n) is 28.9. The number of rotatable bonds is 6. The molecule has 0 spiro atoms. The van der Waals surface area contributed by atoms with E-state index in [0.29, 0.717) is 5.84 Å². The Balaban J connectivity index is 1.07. The summed E-state index contributed by atoms with van der Waals surface area (Å²) in [4.78, 5) is 10.4. The third-order valence-corrected chi connectivity index (χ3v) is 10.3. The van der Waals surface area contributed by atoms with Crippen LogP contribution in [0.4, 0.5) is 0 Å². The molecule has 1 unspecified atom stereocenters. The Morgan fingerprint density at radius 1 is 0.434 bits per heavy atom. The van der Waals surface area contributed by atoms with Crippen molar-refractivity contribution in [1.29, 1.82) is 0 Å². The molecule has 0 aliphatic carbocycles. The summed E-state index contributed by atoms with van der Waals surface area (Å²) in [7, 11) is 0. The number of nitrogens with zero attached hydrogens (tertiary/aromatic N) is 3. The standard InChI is InChI=1S/C49H34N4/c1-3-12-33(13-4-1)35-22-24-37(25-23-35)47-50-48(52-49(51-47)40-18-11-17-39(32-40)34-14-5-2-6-15-34)38-26-29-41(30-27-38)53-45-21-10-9-20-43(45)44-31-28-36-16-7-8-19-42(36)46(44)53/h1-32,47H,(H,50,51,52). The molecule has 1 aromatic heterocycles. The molecule has 10 rings (SSSR count). The van der Waals surface area contributed by atoms with Crippen molar-refractivity contribution in [1.82, 2.24) is 9.88 Å². The van der Waals surface area contributed by atoms with Gasteiger partial charge in [0.2, 0.25) is 0 Å². The lowest BCUT2D eigenvalue weighted by Gasteiger charge is -2.24. The maximum Gasteiger partial charge on any atom is 0.159 e. The Kier molecular flexibility index (Phi) is 7.51. The normalized spacial score (nSPS) is 14.2. The number of aromatic nitrogens is 1. The van der Waals surface area contributed by atoms with Gasteiger partial charge in [0, 0.05) is 33.0 Å². The molecule has 250 valence electrons. The quantitative estimate of drug-likeness (QED) is 0.187. The Hall–Kier alpha value is -7.04. The van der Waals surface area contributed by atoms with E-state index in [1.807, 2.05) is 12.1 Å². The van der Waals surface area contributed by atoms with Gasteiger partial charge in [-0.1, -0.05) is 158 Å². The number of nitrogens with one attached hydrogen (secondary N) is 1. The molecule has 1 aliphatic rings. The van der Waals surface area contributed by atoms with Gasteiger partial charge in [0.05, 0.1) is 11.0 Å². The third-order valence-electron chi connectivity index (χ3n) is 10.3. The summed E-state index contributed by atoms with van der Waals surface area (Å²) >= 11 is 0. The van der Waals surface area contributed by atoms with Gasteiger partial charge in [0.15, 0.2) is 5.84 Å². The molecule has 0 saturated heterocycles. The molecule has 0 radical (unpaired) electrons. The van der Waals surface area contributed by atoms with E-state index < -0.39 is 0 Å². The number of hydrogen-bond acceptors (Lipinski definition) is 3. The van der Waals surface area contributed by atoms with E-state index in [1.54, 1.807) is 0 Å². The lowest BCUT2D eigenvalue weighted by molar-refractivity contribution is 0.674. The van der Waals surface area contributed by atoms with Crippen molar-refractivity contribution in [2.24, 2.45) is 9.98 Å². The molecule has 2 heterocycles. The van der Waals surface area contributed by atoms with Gasteiger partial charge >= 0.3 is 0 Å². The van der Waals surface area contributed by atoms with Crippen LogP contribution >= 0.6 is 0 Å². The molecule has 9 aromatic rings. The van der Waals surface area contributed by atoms with Gasteiger partial charge in [-0.3, -0.25) is 0 Å². The average Bonchev–Trinajstić information content (AvgIpc) is 3.59. The first-order valence-corrected chi connectivity index (χ1v) is 18.0. The molecular weight excluding hydrogens is 645 g/mol. The van der Waals surface area contributed by atoms with Crippen LogP contribution in [0, 0.1) is 0 Å². The highest BCUT2D eigenvalue weighted by Crippen LogP contribution is 2.37. The van der Waals surface area contributed by atoms with E-state index in [9.17, 15) is 0 Å². The smallest absolute Gasteiger partial charge is 0.159 e. The van der Waals surface area contributed by atoms with Crippen molar-refractivity contribution < 1.29 is 0 Å². The zero-order valence-corrected chi connectivity index (χ0v) is 28.9. The van der Waals surface area contributed by atoms with Gasteiger partial charge in [0.25, 0.3) is 0 Å². The van der Waals surface area contributed by atoms with Crippen LogP contribution in [0.25, 0.3) is 60.5 Å². The molecule has 4 heteroatoms. The number of para-hydroxylation sites is 1. The second-order valence-corrected chi connectivity index (χ2v) is 13.5. The molecular formula is C49H34N4. The lowest BCUT2D eigenvalue weighted by atomic mass is 10.0. The van der Waals surface area contributed by atoms with Gasteiger partial charge in [-0.25, -0.2) is 9.98 Å². The zero-order chi connectivity index (χ0) is 35.1. The molecule has 1 atom stereocenters. The SMILES string of the molecule is c1ccc(-c2ccc(C3N=C(c4ccc(-n5c6ccccc6c6ccc7ccccc7c65)cc4)N=C(c4cccc(-c5ccccc5)c4)N3)cc2)cc1. The Morgan fingerprint density at radius 3 is 1.81 bits per heavy atom. The second-order valence-electron chi connectivity index (χ2n) is 13.5. The summed E-state index contributed by atoms with van der Waals surface area (Å²) in [5.74, 6) is 1.49. The van der Waals surface area contributed by atoms with E-state index in [0.717, 1.165) is 33.8 Å². The summed E-state index contributed by atoms with van der Waals surface area (Å²) in [5, 5.41) is 8.63. The van der Waals surface area contributed by atoms with Crippen LogP contribution in [-0.4, -0.2) is 16.2 Å². The number of fused-ring (bicyclic) bond motifs is 5. The highest BCUT2D eigenvalue weighted by Gasteiger charge is 2.22. The van der Waals surface area contributed by atoms with Crippen molar-refractivity contribution >= 4 is 44.2 Å².